The fourth-order valence-electron chi connectivity index (χ4n) is 2.27. The highest BCUT2D eigenvalue weighted by Gasteiger charge is 2.32. The highest BCUT2D eigenvalue weighted by molar-refractivity contribution is 9.10. The molecule has 1 aliphatic heterocycles. The molecule has 7 nitrogen and oxygen atoms in total. The van der Waals surface area contributed by atoms with E-state index < -0.39 is 4.92 Å². The summed E-state index contributed by atoms with van der Waals surface area (Å²) in [4.78, 5) is 35.6. The van der Waals surface area contributed by atoms with E-state index >= 15 is 0 Å². The lowest BCUT2D eigenvalue weighted by atomic mass is 10.1. The molecule has 0 aliphatic carbocycles. The number of likely N-dealkylation sites (tertiary alicyclic amines) is 1. The van der Waals surface area contributed by atoms with E-state index in [1.807, 2.05) is 0 Å². The Hall–Kier alpha value is -1.96. The number of halogens is 1. The van der Waals surface area contributed by atoms with E-state index in [0.29, 0.717) is 17.4 Å². The number of nitro groups is 1. The molecule has 0 N–H and O–H groups in total. The molecule has 112 valence electrons. The van der Waals surface area contributed by atoms with Crippen molar-refractivity contribution in [3.8, 4) is 0 Å². The summed E-state index contributed by atoms with van der Waals surface area (Å²) in [5.41, 5.74) is 0.0694. The molecule has 1 heterocycles. The number of rotatable bonds is 3. The molecule has 1 fully saturated rings. The second-order valence-corrected chi connectivity index (χ2v) is 5.54. The lowest BCUT2D eigenvalue weighted by Crippen LogP contribution is -2.30. The van der Waals surface area contributed by atoms with Crippen LogP contribution in [0.1, 0.15) is 16.8 Å². The number of amides is 1. The van der Waals surface area contributed by atoms with Crippen LogP contribution in [0, 0.1) is 16.0 Å². The number of hydrogen-bond donors (Lipinski definition) is 0. The Balaban J connectivity index is 2.16. The number of methoxy groups -OCH3 is 1. The summed E-state index contributed by atoms with van der Waals surface area (Å²) in [6.07, 6.45) is 0.539. The minimum Gasteiger partial charge on any atom is -0.469 e. The zero-order chi connectivity index (χ0) is 15.6. The third-order valence-corrected chi connectivity index (χ3v) is 4.07. The molecule has 0 spiro atoms. The highest BCUT2D eigenvalue weighted by Crippen LogP contribution is 2.27. The first-order valence-corrected chi connectivity index (χ1v) is 7.04. The minimum atomic E-state index is -0.553. The number of nitro benzene ring substituents is 1. The van der Waals surface area contributed by atoms with Gasteiger partial charge in [-0.2, -0.15) is 0 Å². The van der Waals surface area contributed by atoms with Crippen molar-refractivity contribution in [2.24, 2.45) is 5.92 Å². The van der Waals surface area contributed by atoms with Crippen molar-refractivity contribution in [1.82, 2.24) is 4.90 Å². The normalized spacial score (nSPS) is 17.6. The van der Waals surface area contributed by atoms with Crippen LogP contribution in [0.3, 0.4) is 0 Å². The Morgan fingerprint density at radius 2 is 2.19 bits per heavy atom. The Kier molecular flexibility index (Phi) is 4.56. The average Bonchev–Trinajstić information content (AvgIpc) is 2.95. The Morgan fingerprint density at radius 1 is 1.48 bits per heavy atom. The molecule has 8 heteroatoms. The predicted octanol–water partition coefficient (Wildman–Crippen LogP) is 1.99. The van der Waals surface area contributed by atoms with E-state index in [9.17, 15) is 19.7 Å². The molecule has 0 bridgehead atoms. The predicted molar refractivity (Wildman–Crippen MR) is 76.8 cm³/mol. The topological polar surface area (TPSA) is 89.8 Å². The first-order valence-electron chi connectivity index (χ1n) is 6.25. The highest BCUT2D eigenvalue weighted by atomic mass is 79.9. The summed E-state index contributed by atoms with van der Waals surface area (Å²) in [5, 5.41) is 10.9. The number of hydrogen-bond acceptors (Lipinski definition) is 5. The van der Waals surface area contributed by atoms with Crippen molar-refractivity contribution < 1.29 is 19.2 Å². The van der Waals surface area contributed by atoms with Gasteiger partial charge in [-0.05, 0) is 34.5 Å². The van der Waals surface area contributed by atoms with Crippen molar-refractivity contribution >= 4 is 33.5 Å². The molecule has 1 atom stereocenters. The molecule has 1 saturated heterocycles. The summed E-state index contributed by atoms with van der Waals surface area (Å²) in [6, 6.07) is 4.22. The molecular weight excluding hydrogens is 344 g/mol. The molecule has 1 amide bonds. The zero-order valence-corrected chi connectivity index (χ0v) is 12.8. The van der Waals surface area contributed by atoms with E-state index in [1.165, 1.54) is 30.2 Å². The molecule has 1 aliphatic rings. The van der Waals surface area contributed by atoms with Crippen LogP contribution >= 0.6 is 15.9 Å². The van der Waals surface area contributed by atoms with Gasteiger partial charge >= 0.3 is 5.97 Å². The van der Waals surface area contributed by atoms with Gasteiger partial charge in [-0.3, -0.25) is 19.7 Å². The molecule has 0 radical (unpaired) electrons. The number of nitrogens with zero attached hydrogens (tertiary/aromatic N) is 2. The summed E-state index contributed by atoms with van der Waals surface area (Å²) >= 11 is 3.07. The van der Waals surface area contributed by atoms with Gasteiger partial charge in [0.05, 0.1) is 22.4 Å². The van der Waals surface area contributed by atoms with Crippen molar-refractivity contribution in [2.75, 3.05) is 20.2 Å². The van der Waals surface area contributed by atoms with Crippen LogP contribution in [-0.2, 0) is 9.53 Å². The van der Waals surface area contributed by atoms with Gasteiger partial charge in [0.25, 0.3) is 11.6 Å². The summed E-state index contributed by atoms with van der Waals surface area (Å²) in [7, 11) is 1.31. The molecule has 1 unspecified atom stereocenters. The van der Waals surface area contributed by atoms with Gasteiger partial charge in [-0.25, -0.2) is 0 Å². The van der Waals surface area contributed by atoms with Gasteiger partial charge in [0, 0.05) is 24.7 Å². The Bertz CT molecular complexity index is 604. The molecular formula is C13H13BrN2O5. The van der Waals surface area contributed by atoms with Gasteiger partial charge in [0.15, 0.2) is 0 Å². The summed E-state index contributed by atoms with van der Waals surface area (Å²) in [6.45, 7) is 0.706. The van der Waals surface area contributed by atoms with Gasteiger partial charge in [0.1, 0.15) is 0 Å². The molecule has 1 aromatic rings. The monoisotopic (exact) mass is 356 g/mol. The van der Waals surface area contributed by atoms with Gasteiger partial charge in [-0.15, -0.1) is 0 Å². The summed E-state index contributed by atoms with van der Waals surface area (Å²) < 4.78 is 4.98. The van der Waals surface area contributed by atoms with Crippen molar-refractivity contribution in [2.45, 2.75) is 6.42 Å². The lowest BCUT2D eigenvalue weighted by molar-refractivity contribution is -0.385. The number of carbonyl (C=O) groups is 2. The minimum absolute atomic E-state index is 0.162. The number of carbonyl (C=O) groups excluding carboxylic acids is 2. The maximum absolute atomic E-state index is 12.3. The van der Waals surface area contributed by atoms with Crippen LogP contribution in [0.25, 0.3) is 0 Å². The maximum atomic E-state index is 12.3. The Morgan fingerprint density at radius 3 is 2.81 bits per heavy atom. The van der Waals surface area contributed by atoms with Gasteiger partial charge in [-0.1, -0.05) is 0 Å². The number of esters is 1. The Labute approximate surface area is 129 Å². The van der Waals surface area contributed by atoms with E-state index in [-0.39, 0.29) is 35.6 Å². The van der Waals surface area contributed by atoms with Gasteiger partial charge < -0.3 is 9.64 Å². The van der Waals surface area contributed by atoms with Crippen LogP contribution in [-0.4, -0.2) is 41.9 Å². The molecule has 2 rings (SSSR count). The van der Waals surface area contributed by atoms with E-state index in [1.54, 1.807) is 0 Å². The van der Waals surface area contributed by atoms with Crippen LogP contribution < -0.4 is 0 Å². The number of benzene rings is 1. The number of ether oxygens (including phenoxy) is 1. The molecule has 21 heavy (non-hydrogen) atoms. The van der Waals surface area contributed by atoms with E-state index in [0.717, 1.165) is 0 Å². The SMILES string of the molecule is COC(=O)C1CCN(C(=O)c2ccc(Br)c([N+](=O)[O-])c2)C1. The van der Waals surface area contributed by atoms with Crippen LogP contribution in [0.4, 0.5) is 5.69 Å². The third-order valence-electron chi connectivity index (χ3n) is 3.40. The fourth-order valence-corrected chi connectivity index (χ4v) is 2.66. The lowest BCUT2D eigenvalue weighted by Gasteiger charge is -2.16. The standard InChI is InChI=1S/C13H13BrN2O5/c1-21-13(18)9-4-5-15(7-9)12(17)8-2-3-10(14)11(6-8)16(19)20/h2-3,6,9H,4-5,7H2,1H3. The van der Waals surface area contributed by atoms with Crippen LogP contribution in [0.15, 0.2) is 22.7 Å². The largest absolute Gasteiger partial charge is 0.469 e. The second kappa shape index (κ2) is 6.21. The average molecular weight is 357 g/mol. The molecule has 1 aromatic carbocycles. The van der Waals surface area contributed by atoms with Crippen molar-refractivity contribution in [1.29, 1.82) is 0 Å². The van der Waals surface area contributed by atoms with Crippen molar-refractivity contribution in [3.63, 3.8) is 0 Å². The zero-order valence-electron chi connectivity index (χ0n) is 11.2. The van der Waals surface area contributed by atoms with Crippen LogP contribution in [0.2, 0.25) is 0 Å². The van der Waals surface area contributed by atoms with E-state index in [2.05, 4.69) is 20.7 Å². The van der Waals surface area contributed by atoms with Crippen LogP contribution in [0.5, 0.6) is 0 Å². The van der Waals surface area contributed by atoms with Gasteiger partial charge in [0.2, 0.25) is 0 Å². The maximum Gasteiger partial charge on any atom is 0.310 e. The third kappa shape index (κ3) is 3.21. The molecule has 0 saturated carbocycles. The smallest absolute Gasteiger partial charge is 0.310 e. The summed E-state index contributed by atoms with van der Waals surface area (Å²) in [5.74, 6) is -0.992. The van der Waals surface area contributed by atoms with E-state index in [4.69, 9.17) is 0 Å². The second-order valence-electron chi connectivity index (χ2n) is 4.68. The first kappa shape index (κ1) is 15.4. The fraction of sp³-hybridized carbons (Fsp3) is 0.385. The molecule has 0 aromatic heterocycles. The van der Waals surface area contributed by atoms with Crippen molar-refractivity contribution in [3.05, 3.63) is 38.3 Å². The quantitative estimate of drug-likeness (QED) is 0.469. The first-order chi connectivity index (χ1) is 9.93.